The molecule has 1 saturated heterocycles. The van der Waals surface area contributed by atoms with Crippen molar-refractivity contribution in [1.82, 2.24) is 9.97 Å². The van der Waals surface area contributed by atoms with Crippen molar-refractivity contribution < 1.29 is 14.8 Å². The molecule has 3 aromatic rings. The van der Waals surface area contributed by atoms with Crippen molar-refractivity contribution >= 4 is 45.0 Å². The number of hydrogen-bond acceptors (Lipinski definition) is 8. The fraction of sp³-hybridized carbons (Fsp3) is 0.381. The molecule has 0 atom stereocenters. The largest absolute Gasteiger partial charge is 0.481 e. The molecule has 1 aliphatic rings. The van der Waals surface area contributed by atoms with Gasteiger partial charge in [-0.2, -0.15) is 4.98 Å². The lowest BCUT2D eigenvalue weighted by Gasteiger charge is -2.30. The van der Waals surface area contributed by atoms with Gasteiger partial charge in [0.05, 0.1) is 16.2 Å². The van der Waals surface area contributed by atoms with Gasteiger partial charge in [0.25, 0.3) is 5.69 Å². The van der Waals surface area contributed by atoms with Crippen LogP contribution in [-0.4, -0.2) is 39.1 Å². The standard InChI is InChI=1S/C21H23N5O4S/c1-2-16-11-17-18(22-12-13-4-3-5-15(10-13)26(29)30)23-21(24-19(17)31-16)25-8-6-14(7-9-25)20(27)28/h3-5,10-11,14H,2,6-9,12H2,1H3,(H,27,28)(H,22,23,24). The molecule has 0 aliphatic carbocycles. The highest BCUT2D eigenvalue weighted by molar-refractivity contribution is 7.18. The summed E-state index contributed by atoms with van der Waals surface area (Å²) in [5.41, 5.74) is 0.841. The highest BCUT2D eigenvalue weighted by Gasteiger charge is 2.26. The second-order valence-electron chi connectivity index (χ2n) is 7.54. The fourth-order valence-corrected chi connectivity index (χ4v) is 4.67. The first-order valence-corrected chi connectivity index (χ1v) is 11.0. The average molecular weight is 442 g/mol. The second-order valence-corrected chi connectivity index (χ2v) is 8.65. The van der Waals surface area contributed by atoms with E-state index in [-0.39, 0.29) is 11.6 Å². The number of nitrogens with zero attached hydrogens (tertiary/aromatic N) is 4. The molecule has 1 aliphatic heterocycles. The average Bonchev–Trinajstić information content (AvgIpc) is 3.21. The van der Waals surface area contributed by atoms with Crippen LogP contribution in [0.4, 0.5) is 17.5 Å². The van der Waals surface area contributed by atoms with E-state index >= 15 is 0 Å². The minimum Gasteiger partial charge on any atom is -0.481 e. The van der Waals surface area contributed by atoms with Crippen molar-refractivity contribution in [3.63, 3.8) is 0 Å². The van der Waals surface area contributed by atoms with Crippen molar-refractivity contribution in [2.75, 3.05) is 23.3 Å². The van der Waals surface area contributed by atoms with Gasteiger partial charge in [-0.1, -0.05) is 19.1 Å². The molecule has 0 spiro atoms. The quantitative estimate of drug-likeness (QED) is 0.416. The molecule has 1 aromatic carbocycles. The number of benzene rings is 1. The smallest absolute Gasteiger partial charge is 0.306 e. The maximum atomic E-state index is 11.2. The summed E-state index contributed by atoms with van der Waals surface area (Å²) in [5, 5.41) is 24.5. The van der Waals surface area contributed by atoms with Crippen LogP contribution < -0.4 is 10.2 Å². The SMILES string of the molecule is CCc1cc2c(NCc3cccc([N+](=O)[O-])c3)nc(N3CCC(C(=O)O)CC3)nc2s1. The van der Waals surface area contributed by atoms with Crippen molar-refractivity contribution in [3.05, 3.63) is 50.9 Å². The van der Waals surface area contributed by atoms with Crippen LogP contribution in [0.5, 0.6) is 0 Å². The molecular formula is C21H23N5O4S. The molecule has 3 heterocycles. The van der Waals surface area contributed by atoms with E-state index < -0.39 is 10.9 Å². The van der Waals surface area contributed by atoms with E-state index in [4.69, 9.17) is 9.97 Å². The number of aryl methyl sites for hydroxylation is 1. The first-order chi connectivity index (χ1) is 14.9. The zero-order chi connectivity index (χ0) is 22.0. The van der Waals surface area contributed by atoms with Crippen LogP contribution in [0.3, 0.4) is 0 Å². The van der Waals surface area contributed by atoms with E-state index in [9.17, 15) is 20.0 Å². The van der Waals surface area contributed by atoms with Crippen molar-refractivity contribution in [1.29, 1.82) is 0 Å². The van der Waals surface area contributed by atoms with Gasteiger partial charge in [0.15, 0.2) is 0 Å². The second kappa shape index (κ2) is 8.84. The van der Waals surface area contributed by atoms with Crippen LogP contribution in [0.15, 0.2) is 30.3 Å². The van der Waals surface area contributed by atoms with Gasteiger partial charge < -0.3 is 15.3 Å². The molecule has 2 aromatic heterocycles. The summed E-state index contributed by atoms with van der Waals surface area (Å²) in [6, 6.07) is 8.60. The van der Waals surface area contributed by atoms with E-state index in [2.05, 4.69) is 18.3 Å². The number of nitro benzene ring substituents is 1. The lowest BCUT2D eigenvalue weighted by atomic mass is 9.97. The summed E-state index contributed by atoms with van der Waals surface area (Å²) >= 11 is 1.62. The number of carboxylic acid groups (broad SMARTS) is 1. The summed E-state index contributed by atoms with van der Waals surface area (Å²) in [6.45, 7) is 3.68. The maximum Gasteiger partial charge on any atom is 0.306 e. The Morgan fingerprint density at radius 2 is 2.10 bits per heavy atom. The van der Waals surface area contributed by atoms with Crippen LogP contribution in [0.2, 0.25) is 0 Å². The van der Waals surface area contributed by atoms with E-state index in [0.717, 1.165) is 22.2 Å². The van der Waals surface area contributed by atoms with Gasteiger partial charge in [-0.3, -0.25) is 14.9 Å². The first-order valence-electron chi connectivity index (χ1n) is 10.2. The van der Waals surface area contributed by atoms with E-state index in [1.807, 2.05) is 11.0 Å². The summed E-state index contributed by atoms with van der Waals surface area (Å²) in [7, 11) is 0. The summed E-state index contributed by atoms with van der Waals surface area (Å²) in [5.74, 6) is 0.200. The molecule has 0 radical (unpaired) electrons. The van der Waals surface area contributed by atoms with Crippen LogP contribution in [0, 0.1) is 16.0 Å². The number of thiophene rings is 1. The zero-order valence-electron chi connectivity index (χ0n) is 17.1. The minimum atomic E-state index is -0.749. The Hall–Kier alpha value is -3.27. The van der Waals surface area contributed by atoms with E-state index in [1.165, 1.54) is 10.9 Å². The number of carboxylic acids is 1. The summed E-state index contributed by atoms with van der Waals surface area (Å²) in [4.78, 5) is 35.5. The highest BCUT2D eigenvalue weighted by atomic mass is 32.1. The Kier molecular flexibility index (Phi) is 5.99. The number of hydrogen-bond donors (Lipinski definition) is 2. The van der Waals surface area contributed by atoms with Crippen molar-refractivity contribution in [3.8, 4) is 0 Å². The molecule has 0 saturated carbocycles. The number of non-ortho nitro benzene ring substituents is 1. The number of aliphatic carboxylic acids is 1. The van der Waals surface area contributed by atoms with Gasteiger partial charge in [-0.15, -0.1) is 11.3 Å². The number of fused-ring (bicyclic) bond motifs is 1. The lowest BCUT2D eigenvalue weighted by Crippen LogP contribution is -2.37. The number of rotatable bonds is 7. The molecule has 1 fully saturated rings. The topological polar surface area (TPSA) is 121 Å². The predicted molar refractivity (Wildman–Crippen MR) is 120 cm³/mol. The number of carbonyl (C=O) groups is 1. The van der Waals surface area contributed by atoms with Crippen molar-refractivity contribution in [2.24, 2.45) is 5.92 Å². The number of nitrogens with one attached hydrogen (secondary N) is 1. The Bertz CT molecular complexity index is 1120. The third-order valence-electron chi connectivity index (χ3n) is 5.49. The summed E-state index contributed by atoms with van der Waals surface area (Å²) < 4.78 is 0. The van der Waals surface area contributed by atoms with Crippen LogP contribution >= 0.6 is 11.3 Å². The number of piperidine rings is 1. The molecule has 0 bridgehead atoms. The van der Waals surface area contributed by atoms with Crippen LogP contribution in [0.1, 0.15) is 30.2 Å². The molecule has 0 unspecified atom stereocenters. The number of anilines is 2. The van der Waals surface area contributed by atoms with Crippen LogP contribution in [0.25, 0.3) is 10.2 Å². The van der Waals surface area contributed by atoms with E-state index in [0.29, 0.717) is 44.2 Å². The lowest BCUT2D eigenvalue weighted by molar-refractivity contribution is -0.384. The third-order valence-corrected chi connectivity index (χ3v) is 6.66. The van der Waals surface area contributed by atoms with Gasteiger partial charge in [-0.25, -0.2) is 4.98 Å². The van der Waals surface area contributed by atoms with E-state index in [1.54, 1.807) is 23.5 Å². The molecule has 10 heteroatoms. The monoisotopic (exact) mass is 441 g/mol. The van der Waals surface area contributed by atoms with Crippen molar-refractivity contribution in [2.45, 2.75) is 32.7 Å². The predicted octanol–water partition coefficient (Wildman–Crippen LogP) is 4.08. The Balaban J connectivity index is 1.61. The molecule has 2 N–H and O–H groups in total. The Morgan fingerprint density at radius 1 is 1.32 bits per heavy atom. The normalized spacial score (nSPS) is 14.7. The Morgan fingerprint density at radius 3 is 2.77 bits per heavy atom. The van der Waals surface area contributed by atoms with Crippen LogP contribution in [-0.2, 0) is 17.8 Å². The summed E-state index contributed by atoms with van der Waals surface area (Å²) in [6.07, 6.45) is 2.03. The highest BCUT2D eigenvalue weighted by Crippen LogP contribution is 2.32. The first kappa shape index (κ1) is 21.0. The van der Waals surface area contributed by atoms with Gasteiger partial charge in [0.2, 0.25) is 5.95 Å². The van der Waals surface area contributed by atoms with Gasteiger partial charge in [0.1, 0.15) is 10.6 Å². The maximum absolute atomic E-state index is 11.2. The molecule has 162 valence electrons. The van der Waals surface area contributed by atoms with Gasteiger partial charge in [0, 0.05) is 36.6 Å². The molecule has 0 amide bonds. The van der Waals surface area contributed by atoms with Gasteiger partial charge in [-0.05, 0) is 30.9 Å². The molecule has 4 rings (SSSR count). The molecule has 9 nitrogen and oxygen atoms in total. The third kappa shape index (κ3) is 4.58. The molecular weight excluding hydrogens is 418 g/mol. The number of aromatic nitrogens is 2. The fourth-order valence-electron chi connectivity index (χ4n) is 3.70. The number of nitro groups is 1. The van der Waals surface area contributed by atoms with Gasteiger partial charge >= 0.3 is 5.97 Å². The zero-order valence-corrected chi connectivity index (χ0v) is 17.9. The minimum absolute atomic E-state index is 0.0536. The molecule has 31 heavy (non-hydrogen) atoms. The Labute approximate surface area is 182 Å².